The second kappa shape index (κ2) is 7.91. The first-order chi connectivity index (χ1) is 9.70. The lowest BCUT2D eigenvalue weighted by atomic mass is 10.00. The molecule has 0 radical (unpaired) electrons. The molecule has 1 aromatic heterocycles. The van der Waals surface area contributed by atoms with Gasteiger partial charge in [0.1, 0.15) is 0 Å². The van der Waals surface area contributed by atoms with Gasteiger partial charge in [0.25, 0.3) is 0 Å². The molecule has 0 aliphatic carbocycles. The molecule has 0 amide bonds. The molecule has 20 heavy (non-hydrogen) atoms. The van der Waals surface area contributed by atoms with Crippen LogP contribution < -0.4 is 5.32 Å². The predicted molar refractivity (Wildman–Crippen MR) is 90.8 cm³/mol. The van der Waals surface area contributed by atoms with E-state index in [2.05, 4.69) is 73.3 Å². The Labute approximate surface area is 137 Å². The van der Waals surface area contributed by atoms with Crippen molar-refractivity contribution in [3.05, 3.63) is 62.8 Å². The fraction of sp³-hybridized carbons (Fsp3) is 0.312. The number of aromatic nitrogens is 1. The molecule has 4 heteroatoms. The molecule has 0 fully saturated rings. The van der Waals surface area contributed by atoms with Crippen LogP contribution in [-0.2, 0) is 6.42 Å². The maximum Gasteiger partial charge on any atom is 0.0410 e. The van der Waals surface area contributed by atoms with Gasteiger partial charge in [-0.15, -0.1) is 0 Å². The van der Waals surface area contributed by atoms with Gasteiger partial charge in [-0.05, 0) is 58.6 Å². The number of hydrogen-bond donors (Lipinski definition) is 1. The second-order valence-corrected chi connectivity index (χ2v) is 6.51. The van der Waals surface area contributed by atoms with Crippen LogP contribution in [0.3, 0.4) is 0 Å². The summed E-state index contributed by atoms with van der Waals surface area (Å²) in [7, 11) is 0. The smallest absolute Gasteiger partial charge is 0.0410 e. The minimum Gasteiger partial charge on any atom is -0.310 e. The van der Waals surface area contributed by atoms with E-state index in [4.69, 9.17) is 0 Å². The third kappa shape index (κ3) is 4.40. The average molecular weight is 398 g/mol. The number of nitrogens with zero attached hydrogens (tertiary/aromatic N) is 1. The van der Waals surface area contributed by atoms with Crippen molar-refractivity contribution >= 4 is 31.9 Å². The van der Waals surface area contributed by atoms with Gasteiger partial charge in [0.05, 0.1) is 0 Å². The Morgan fingerprint density at radius 1 is 1.20 bits per heavy atom. The Balaban J connectivity index is 2.22. The quantitative estimate of drug-likeness (QED) is 0.750. The van der Waals surface area contributed by atoms with Crippen LogP contribution in [0, 0.1) is 0 Å². The van der Waals surface area contributed by atoms with Crippen LogP contribution in [-0.4, -0.2) is 11.5 Å². The van der Waals surface area contributed by atoms with Gasteiger partial charge >= 0.3 is 0 Å². The zero-order valence-corrected chi connectivity index (χ0v) is 14.6. The molecular formula is C16H18Br2N2. The molecule has 106 valence electrons. The third-order valence-corrected chi connectivity index (χ3v) is 4.28. The Morgan fingerprint density at radius 2 is 2.00 bits per heavy atom. The summed E-state index contributed by atoms with van der Waals surface area (Å²) in [5.41, 5.74) is 2.52. The highest BCUT2D eigenvalue weighted by Crippen LogP contribution is 2.26. The number of hydrogen-bond acceptors (Lipinski definition) is 2. The van der Waals surface area contributed by atoms with Gasteiger partial charge < -0.3 is 5.32 Å². The number of halogens is 2. The van der Waals surface area contributed by atoms with Gasteiger partial charge in [0.2, 0.25) is 0 Å². The van der Waals surface area contributed by atoms with Crippen molar-refractivity contribution in [1.82, 2.24) is 10.3 Å². The van der Waals surface area contributed by atoms with Gasteiger partial charge in [-0.1, -0.05) is 41.1 Å². The first-order valence-corrected chi connectivity index (χ1v) is 8.36. The van der Waals surface area contributed by atoms with Crippen LogP contribution in [0.4, 0.5) is 0 Å². The van der Waals surface area contributed by atoms with E-state index in [1.807, 2.05) is 18.5 Å². The van der Waals surface area contributed by atoms with E-state index in [9.17, 15) is 0 Å². The molecule has 0 aliphatic rings. The summed E-state index contributed by atoms with van der Waals surface area (Å²) in [6.45, 7) is 3.19. The molecule has 1 aromatic carbocycles. The highest BCUT2D eigenvalue weighted by Gasteiger charge is 2.14. The van der Waals surface area contributed by atoms with Crippen molar-refractivity contribution in [1.29, 1.82) is 0 Å². The summed E-state index contributed by atoms with van der Waals surface area (Å²) in [5.74, 6) is 0. The van der Waals surface area contributed by atoms with Gasteiger partial charge in [-0.25, -0.2) is 0 Å². The summed E-state index contributed by atoms with van der Waals surface area (Å²) >= 11 is 7.14. The Kier molecular flexibility index (Phi) is 6.20. The topological polar surface area (TPSA) is 24.9 Å². The number of rotatable bonds is 6. The highest BCUT2D eigenvalue weighted by atomic mass is 79.9. The fourth-order valence-electron chi connectivity index (χ4n) is 2.17. The van der Waals surface area contributed by atoms with Crippen molar-refractivity contribution < 1.29 is 0 Å². The fourth-order valence-corrected chi connectivity index (χ4v) is 3.14. The van der Waals surface area contributed by atoms with Gasteiger partial charge in [0.15, 0.2) is 0 Å². The molecule has 1 atom stereocenters. The maximum absolute atomic E-state index is 4.25. The maximum atomic E-state index is 4.25. The van der Waals surface area contributed by atoms with Crippen LogP contribution in [0.25, 0.3) is 0 Å². The summed E-state index contributed by atoms with van der Waals surface area (Å²) in [6.07, 6.45) is 5.80. The molecule has 2 rings (SSSR count). The molecule has 0 bridgehead atoms. The van der Waals surface area contributed by atoms with Gasteiger partial charge in [-0.3, -0.25) is 4.98 Å². The monoisotopic (exact) mass is 396 g/mol. The van der Waals surface area contributed by atoms with E-state index < -0.39 is 0 Å². The van der Waals surface area contributed by atoms with E-state index in [1.54, 1.807) is 0 Å². The lowest BCUT2D eigenvalue weighted by Gasteiger charge is -2.20. The molecule has 0 saturated carbocycles. The second-order valence-electron chi connectivity index (χ2n) is 4.74. The molecule has 0 aliphatic heterocycles. The molecule has 0 saturated heterocycles. The Hall–Kier alpha value is -0.710. The minimum absolute atomic E-state index is 0.293. The average Bonchev–Trinajstić information content (AvgIpc) is 2.44. The Morgan fingerprint density at radius 3 is 2.70 bits per heavy atom. The van der Waals surface area contributed by atoms with E-state index >= 15 is 0 Å². The molecule has 0 spiro atoms. The van der Waals surface area contributed by atoms with Crippen molar-refractivity contribution in [2.45, 2.75) is 25.8 Å². The van der Waals surface area contributed by atoms with Crippen LogP contribution >= 0.6 is 31.9 Å². The van der Waals surface area contributed by atoms with Crippen LogP contribution in [0.15, 0.2) is 51.7 Å². The van der Waals surface area contributed by atoms with Gasteiger partial charge in [-0.2, -0.15) is 0 Å². The van der Waals surface area contributed by atoms with E-state index in [0.717, 1.165) is 28.3 Å². The van der Waals surface area contributed by atoms with Crippen LogP contribution in [0.1, 0.15) is 30.5 Å². The Bertz CT molecular complexity index is 558. The van der Waals surface area contributed by atoms with Crippen molar-refractivity contribution in [2.24, 2.45) is 0 Å². The van der Waals surface area contributed by atoms with Crippen molar-refractivity contribution in [3.8, 4) is 0 Å². The van der Waals surface area contributed by atoms with E-state index in [-0.39, 0.29) is 0 Å². The van der Waals surface area contributed by atoms with Crippen molar-refractivity contribution in [3.63, 3.8) is 0 Å². The lowest BCUT2D eigenvalue weighted by molar-refractivity contribution is 0.527. The normalized spacial score (nSPS) is 12.3. The zero-order valence-electron chi connectivity index (χ0n) is 11.4. The molecule has 1 unspecified atom stereocenters. The van der Waals surface area contributed by atoms with E-state index in [1.165, 1.54) is 11.1 Å². The first-order valence-electron chi connectivity index (χ1n) is 6.78. The third-order valence-electron chi connectivity index (χ3n) is 3.12. The predicted octanol–water partition coefficient (Wildman–Crippen LogP) is 4.89. The molecule has 1 N–H and O–H groups in total. The SMILES string of the molecule is CCCNC(Cc1cncc(Br)c1)c1ccccc1Br. The van der Waals surface area contributed by atoms with Gasteiger partial charge in [0, 0.05) is 27.4 Å². The summed E-state index contributed by atoms with van der Waals surface area (Å²) < 4.78 is 2.17. The minimum atomic E-state index is 0.293. The van der Waals surface area contributed by atoms with Crippen LogP contribution in [0.5, 0.6) is 0 Å². The van der Waals surface area contributed by atoms with Crippen LogP contribution in [0.2, 0.25) is 0 Å². The first kappa shape index (κ1) is 15.7. The lowest BCUT2D eigenvalue weighted by Crippen LogP contribution is -2.24. The number of pyridine rings is 1. The molecule has 1 heterocycles. The largest absolute Gasteiger partial charge is 0.310 e. The zero-order chi connectivity index (χ0) is 14.4. The molecular weight excluding hydrogens is 380 g/mol. The summed E-state index contributed by atoms with van der Waals surface area (Å²) in [6, 6.07) is 10.8. The summed E-state index contributed by atoms with van der Waals surface area (Å²) in [4.78, 5) is 4.25. The molecule has 2 nitrogen and oxygen atoms in total. The molecule has 2 aromatic rings. The number of nitrogens with one attached hydrogen (secondary N) is 1. The standard InChI is InChI=1S/C16H18Br2N2/c1-2-7-20-16(14-5-3-4-6-15(14)18)9-12-8-13(17)11-19-10-12/h3-6,8,10-11,16,20H,2,7,9H2,1H3. The van der Waals surface area contributed by atoms with Crippen molar-refractivity contribution in [2.75, 3.05) is 6.54 Å². The number of benzene rings is 1. The summed E-state index contributed by atoms with van der Waals surface area (Å²) in [5, 5.41) is 3.62. The van der Waals surface area contributed by atoms with E-state index in [0.29, 0.717) is 6.04 Å². The highest BCUT2D eigenvalue weighted by molar-refractivity contribution is 9.10.